The Morgan fingerprint density at radius 3 is 2.44 bits per heavy atom. The molecule has 36 heavy (non-hydrogen) atoms. The van der Waals surface area contributed by atoms with Crippen LogP contribution in [0.15, 0.2) is 54.1 Å². The molecule has 0 aliphatic heterocycles. The number of hydrogen-bond acceptors (Lipinski definition) is 6. The Bertz CT molecular complexity index is 1300. The van der Waals surface area contributed by atoms with Crippen molar-refractivity contribution >= 4 is 10.0 Å². The third kappa shape index (κ3) is 6.32. The molecule has 1 fully saturated rings. The summed E-state index contributed by atoms with van der Waals surface area (Å²) in [7, 11) is -4.36. The van der Waals surface area contributed by atoms with E-state index in [1.165, 1.54) is 23.3 Å². The van der Waals surface area contributed by atoms with Crippen molar-refractivity contribution in [3.05, 3.63) is 55.0 Å². The van der Waals surface area contributed by atoms with Gasteiger partial charge in [-0.2, -0.15) is 13.2 Å². The molecule has 0 saturated heterocycles. The molecule has 8 nitrogen and oxygen atoms in total. The molecule has 1 aliphatic rings. The minimum atomic E-state index is -4.55. The summed E-state index contributed by atoms with van der Waals surface area (Å²) in [4.78, 5) is 3.21. The Balaban J connectivity index is 1.48. The van der Waals surface area contributed by atoms with Crippen molar-refractivity contribution < 1.29 is 39.5 Å². The van der Waals surface area contributed by atoms with E-state index in [0.29, 0.717) is 0 Å². The van der Waals surface area contributed by atoms with Gasteiger partial charge < -0.3 is 9.30 Å². The van der Waals surface area contributed by atoms with Crippen LogP contribution in [0.25, 0.3) is 11.1 Å². The number of ether oxygens (including phenoxy) is 1. The van der Waals surface area contributed by atoms with Crippen molar-refractivity contribution in [1.82, 2.24) is 24.5 Å². The molecule has 0 spiro atoms. The van der Waals surface area contributed by atoms with Gasteiger partial charge in [-0.25, -0.2) is 31.3 Å². The number of nitrogens with one attached hydrogen (secondary N) is 1. The van der Waals surface area contributed by atoms with Gasteiger partial charge in [0.05, 0.1) is 4.90 Å². The summed E-state index contributed by atoms with van der Waals surface area (Å²) in [5, 5.41) is 7.18. The van der Waals surface area contributed by atoms with Crippen LogP contribution in [0.3, 0.4) is 0 Å². The number of pyridine rings is 1. The topological polar surface area (TPSA) is 99.0 Å². The monoisotopic (exact) mass is 535 g/mol. The van der Waals surface area contributed by atoms with Gasteiger partial charge in [-0.15, -0.1) is 10.2 Å². The number of sulfonamides is 1. The number of nitrogens with zero attached hydrogens (tertiary/aromatic N) is 4. The summed E-state index contributed by atoms with van der Waals surface area (Å²) < 4.78 is 114. The molecular weight excluding hydrogens is 516 g/mol. The molecule has 4 rings (SSSR count). The zero-order valence-corrected chi connectivity index (χ0v) is 19.1. The zero-order valence-electron chi connectivity index (χ0n) is 18.3. The summed E-state index contributed by atoms with van der Waals surface area (Å²) in [6.45, 7) is -1.54. The van der Waals surface area contributed by atoms with Crippen LogP contribution in [-0.2, 0) is 10.0 Å². The van der Waals surface area contributed by atoms with E-state index in [2.05, 4.69) is 24.6 Å². The summed E-state index contributed by atoms with van der Waals surface area (Å²) in [5.41, 5.74) is 0.0909. The summed E-state index contributed by atoms with van der Waals surface area (Å²) in [6, 6.07) is 3.48. The van der Waals surface area contributed by atoms with Gasteiger partial charge in [0.1, 0.15) is 18.5 Å². The Morgan fingerprint density at radius 2 is 1.83 bits per heavy atom. The number of aromatic nitrogens is 4. The molecule has 1 N–H and O–H groups in total. The molecule has 194 valence electrons. The van der Waals surface area contributed by atoms with Gasteiger partial charge >= 0.3 is 6.18 Å². The van der Waals surface area contributed by atoms with Crippen molar-refractivity contribution in [3.63, 3.8) is 0 Å². The highest BCUT2D eigenvalue weighted by Gasteiger charge is 2.43. The first-order chi connectivity index (χ1) is 16.8. The van der Waals surface area contributed by atoms with Gasteiger partial charge in [0, 0.05) is 48.3 Å². The first kappa shape index (κ1) is 25.9. The molecule has 0 amide bonds. The zero-order chi connectivity index (χ0) is 26.1. The molecular formula is C21H19F6N5O3S. The van der Waals surface area contributed by atoms with Crippen molar-refractivity contribution in [2.24, 2.45) is 0 Å². The van der Waals surface area contributed by atoms with Crippen LogP contribution >= 0.6 is 0 Å². The second-order valence-electron chi connectivity index (χ2n) is 8.31. The van der Waals surface area contributed by atoms with E-state index in [-0.39, 0.29) is 23.4 Å². The van der Waals surface area contributed by atoms with Crippen LogP contribution in [0.5, 0.6) is 5.88 Å². The molecule has 15 heteroatoms. The molecule has 0 bridgehead atoms. The first-order valence-electron chi connectivity index (χ1n) is 10.5. The van der Waals surface area contributed by atoms with E-state index in [0.717, 1.165) is 30.5 Å². The molecule has 1 aromatic carbocycles. The Labute approximate surface area is 201 Å². The minimum Gasteiger partial charge on any atom is -0.468 e. The Morgan fingerprint density at radius 1 is 1.11 bits per heavy atom. The van der Waals surface area contributed by atoms with Crippen molar-refractivity contribution in [2.75, 3.05) is 6.61 Å². The average Bonchev–Trinajstić information content (AvgIpc) is 3.31. The second-order valence-corrected chi connectivity index (χ2v) is 10.0. The molecule has 2 aromatic heterocycles. The van der Waals surface area contributed by atoms with Gasteiger partial charge in [0.15, 0.2) is 6.61 Å². The lowest BCUT2D eigenvalue weighted by molar-refractivity contribution is -0.154. The smallest absolute Gasteiger partial charge is 0.422 e. The largest absolute Gasteiger partial charge is 0.468 e. The summed E-state index contributed by atoms with van der Waals surface area (Å²) in [6.07, 6.45) is -2.09. The van der Waals surface area contributed by atoms with E-state index >= 15 is 0 Å². The summed E-state index contributed by atoms with van der Waals surface area (Å²) >= 11 is 0. The number of rotatable bonds is 7. The molecule has 2 unspecified atom stereocenters. The van der Waals surface area contributed by atoms with E-state index in [1.54, 1.807) is 0 Å². The van der Waals surface area contributed by atoms with Crippen molar-refractivity contribution in [2.45, 2.75) is 48.3 Å². The van der Waals surface area contributed by atoms with Gasteiger partial charge in [-0.1, -0.05) is 6.07 Å². The van der Waals surface area contributed by atoms with Gasteiger partial charge in [0.25, 0.3) is 5.92 Å². The fraction of sp³-hybridized carbons (Fsp3) is 0.381. The SMILES string of the molecule is O=S(=O)(NC1CC(n2cnnc2)CC(F)(F)C1)c1ccc(-c2ccc(OCC(F)(F)F)nc2)c(F)c1. The quantitative estimate of drug-likeness (QED) is 0.457. The summed E-state index contributed by atoms with van der Waals surface area (Å²) in [5.74, 6) is -4.42. The van der Waals surface area contributed by atoms with Crippen molar-refractivity contribution in [3.8, 4) is 17.0 Å². The normalized spacial score (nSPS) is 20.3. The molecule has 2 atom stereocenters. The van der Waals surface area contributed by atoms with Crippen LogP contribution < -0.4 is 9.46 Å². The van der Waals surface area contributed by atoms with Crippen molar-refractivity contribution in [1.29, 1.82) is 0 Å². The van der Waals surface area contributed by atoms with Crippen LogP contribution in [0.1, 0.15) is 25.3 Å². The lowest BCUT2D eigenvalue weighted by Crippen LogP contribution is -2.45. The van der Waals surface area contributed by atoms with E-state index < -0.39 is 64.4 Å². The van der Waals surface area contributed by atoms with Crippen LogP contribution in [0.4, 0.5) is 26.3 Å². The maximum Gasteiger partial charge on any atom is 0.422 e. The Hall–Kier alpha value is -3.20. The van der Waals surface area contributed by atoms with E-state index in [4.69, 9.17) is 0 Å². The van der Waals surface area contributed by atoms with E-state index in [9.17, 15) is 34.8 Å². The third-order valence-electron chi connectivity index (χ3n) is 5.50. The second kappa shape index (κ2) is 9.69. The van der Waals surface area contributed by atoms with Crippen LogP contribution in [-0.4, -0.2) is 52.9 Å². The average molecular weight is 535 g/mol. The number of hydrogen-bond donors (Lipinski definition) is 1. The molecule has 2 heterocycles. The Kier molecular flexibility index (Phi) is 6.96. The van der Waals surface area contributed by atoms with Gasteiger partial charge in [0.2, 0.25) is 15.9 Å². The predicted molar refractivity (Wildman–Crippen MR) is 113 cm³/mol. The predicted octanol–water partition coefficient (Wildman–Crippen LogP) is 4.13. The number of alkyl halides is 5. The van der Waals surface area contributed by atoms with Crippen LogP contribution in [0.2, 0.25) is 0 Å². The number of benzene rings is 1. The van der Waals surface area contributed by atoms with E-state index in [1.807, 2.05) is 0 Å². The fourth-order valence-electron chi connectivity index (χ4n) is 3.96. The molecule has 0 radical (unpaired) electrons. The molecule has 1 saturated carbocycles. The lowest BCUT2D eigenvalue weighted by atomic mass is 9.88. The highest BCUT2D eigenvalue weighted by Crippen LogP contribution is 2.39. The highest BCUT2D eigenvalue weighted by atomic mass is 32.2. The fourth-order valence-corrected chi connectivity index (χ4v) is 5.22. The maximum absolute atomic E-state index is 14.8. The van der Waals surface area contributed by atoms with Gasteiger partial charge in [-0.05, 0) is 24.6 Å². The first-order valence-corrected chi connectivity index (χ1v) is 12.0. The number of halogens is 6. The minimum absolute atomic E-state index is 0.0574. The third-order valence-corrected chi connectivity index (χ3v) is 7.02. The lowest BCUT2D eigenvalue weighted by Gasteiger charge is -2.35. The highest BCUT2D eigenvalue weighted by molar-refractivity contribution is 7.89. The standard InChI is InChI=1S/C21H19F6N5O3S/c22-18-6-16(2-3-17(18)13-1-4-19(28-9-13)35-10-21(25,26)27)36(33,34)31-14-5-15(8-20(23,24)7-14)32-11-29-30-12-32/h1-4,6,9,11-12,14-15,31H,5,7-8,10H2. The van der Waals surface area contributed by atoms with Gasteiger partial charge in [-0.3, -0.25) is 0 Å². The maximum atomic E-state index is 14.8. The molecule has 3 aromatic rings. The van der Waals surface area contributed by atoms with Crippen LogP contribution in [0, 0.1) is 5.82 Å². The molecule has 1 aliphatic carbocycles.